The molecule has 1 N–H and O–H groups in total. The van der Waals surface area contributed by atoms with E-state index in [9.17, 15) is 4.79 Å². The average Bonchev–Trinajstić information content (AvgIpc) is 1.96. The molecule has 0 heterocycles. The first kappa shape index (κ1) is 11.6. The van der Waals surface area contributed by atoms with E-state index in [-0.39, 0.29) is 17.8 Å². The van der Waals surface area contributed by atoms with Gasteiger partial charge in [-0.25, -0.2) is 0 Å². The van der Waals surface area contributed by atoms with E-state index in [0.717, 1.165) is 25.7 Å². The summed E-state index contributed by atoms with van der Waals surface area (Å²) in [6.45, 7) is 5.47. The molecule has 12 heavy (non-hydrogen) atoms. The third-order valence-corrected chi connectivity index (χ3v) is 2.24. The van der Waals surface area contributed by atoms with Crippen LogP contribution >= 0.6 is 0 Å². The van der Waals surface area contributed by atoms with Gasteiger partial charge in [0.25, 0.3) is 0 Å². The second-order valence-corrected chi connectivity index (χ2v) is 3.50. The minimum absolute atomic E-state index is 0.212. The summed E-state index contributed by atoms with van der Waals surface area (Å²) in [5, 5.41) is 8.99. The van der Waals surface area contributed by atoms with Gasteiger partial charge in [0.1, 0.15) is 5.78 Å². The van der Waals surface area contributed by atoms with Crippen LogP contribution in [0.2, 0.25) is 0 Å². The van der Waals surface area contributed by atoms with Gasteiger partial charge in [0, 0.05) is 5.92 Å². The molecule has 2 unspecified atom stereocenters. The highest BCUT2D eigenvalue weighted by atomic mass is 16.3. The molecule has 2 atom stereocenters. The minimum Gasteiger partial charge on any atom is -0.393 e. The fourth-order valence-corrected chi connectivity index (χ4v) is 1.35. The third-order valence-electron chi connectivity index (χ3n) is 2.24. The number of rotatable bonds is 6. The van der Waals surface area contributed by atoms with Crippen molar-refractivity contribution in [1.29, 1.82) is 0 Å². The second kappa shape index (κ2) is 6.18. The van der Waals surface area contributed by atoms with Gasteiger partial charge >= 0.3 is 0 Å². The SMILES string of the molecule is CCC(CCCC(C)O)C(C)=O. The molecule has 2 nitrogen and oxygen atoms in total. The average molecular weight is 172 g/mol. The molecule has 0 radical (unpaired) electrons. The predicted octanol–water partition coefficient (Wildman–Crippen LogP) is 2.15. The van der Waals surface area contributed by atoms with Crippen LogP contribution in [-0.2, 0) is 4.79 Å². The lowest BCUT2D eigenvalue weighted by Crippen LogP contribution is -2.10. The molecule has 0 amide bonds. The maximum atomic E-state index is 11.0. The molecule has 0 saturated carbocycles. The maximum absolute atomic E-state index is 11.0. The van der Waals surface area contributed by atoms with E-state index in [1.807, 2.05) is 6.92 Å². The number of carbonyl (C=O) groups excluding carboxylic acids is 1. The number of aliphatic hydroxyl groups excluding tert-OH is 1. The Morgan fingerprint density at radius 1 is 1.42 bits per heavy atom. The Balaban J connectivity index is 3.52. The van der Waals surface area contributed by atoms with Crippen LogP contribution in [0.25, 0.3) is 0 Å². The molecule has 72 valence electrons. The molecule has 0 spiro atoms. The summed E-state index contributed by atoms with van der Waals surface area (Å²) in [5.41, 5.74) is 0. The lowest BCUT2D eigenvalue weighted by atomic mass is 9.95. The van der Waals surface area contributed by atoms with Crippen LogP contribution in [0.5, 0.6) is 0 Å². The number of Topliss-reactive ketones (excluding diaryl/α,β-unsaturated/α-hetero) is 1. The molecule has 0 bridgehead atoms. The lowest BCUT2D eigenvalue weighted by Gasteiger charge is -2.11. The Hall–Kier alpha value is -0.370. The first-order valence-corrected chi connectivity index (χ1v) is 4.76. The van der Waals surface area contributed by atoms with E-state index in [4.69, 9.17) is 5.11 Å². The number of aliphatic hydroxyl groups is 1. The highest BCUT2D eigenvalue weighted by Gasteiger charge is 2.11. The van der Waals surface area contributed by atoms with Crippen molar-refractivity contribution in [2.45, 2.75) is 52.6 Å². The molecule has 0 aromatic carbocycles. The van der Waals surface area contributed by atoms with E-state index >= 15 is 0 Å². The summed E-state index contributed by atoms with van der Waals surface area (Å²) in [6, 6.07) is 0. The van der Waals surface area contributed by atoms with E-state index in [1.165, 1.54) is 0 Å². The van der Waals surface area contributed by atoms with E-state index in [0.29, 0.717) is 0 Å². The monoisotopic (exact) mass is 172 g/mol. The minimum atomic E-state index is -0.227. The van der Waals surface area contributed by atoms with Crippen molar-refractivity contribution in [3.63, 3.8) is 0 Å². The zero-order valence-electron chi connectivity index (χ0n) is 8.34. The van der Waals surface area contributed by atoms with Crippen molar-refractivity contribution in [1.82, 2.24) is 0 Å². The van der Waals surface area contributed by atoms with Crippen LogP contribution in [0.4, 0.5) is 0 Å². The van der Waals surface area contributed by atoms with Gasteiger partial charge in [0.05, 0.1) is 6.10 Å². The highest BCUT2D eigenvalue weighted by molar-refractivity contribution is 5.78. The van der Waals surface area contributed by atoms with Gasteiger partial charge in [-0.15, -0.1) is 0 Å². The van der Waals surface area contributed by atoms with E-state index < -0.39 is 0 Å². The number of carbonyl (C=O) groups is 1. The summed E-state index contributed by atoms with van der Waals surface area (Å²) >= 11 is 0. The summed E-state index contributed by atoms with van der Waals surface area (Å²) in [7, 11) is 0. The molecule has 0 rings (SSSR count). The largest absolute Gasteiger partial charge is 0.393 e. The molecule has 0 saturated heterocycles. The Kier molecular flexibility index (Phi) is 5.99. The number of hydrogen-bond acceptors (Lipinski definition) is 2. The Labute approximate surface area is 75.0 Å². The van der Waals surface area contributed by atoms with Crippen molar-refractivity contribution in [2.24, 2.45) is 5.92 Å². The molecular formula is C10H20O2. The normalized spacial score (nSPS) is 15.7. The van der Waals surface area contributed by atoms with Crippen molar-refractivity contribution in [3.05, 3.63) is 0 Å². The van der Waals surface area contributed by atoms with Gasteiger partial charge in [-0.05, 0) is 33.1 Å². The van der Waals surface area contributed by atoms with Gasteiger partial charge < -0.3 is 5.11 Å². The van der Waals surface area contributed by atoms with Crippen LogP contribution in [0, 0.1) is 5.92 Å². The van der Waals surface area contributed by atoms with Gasteiger partial charge in [0.2, 0.25) is 0 Å². The van der Waals surface area contributed by atoms with Crippen molar-refractivity contribution < 1.29 is 9.90 Å². The fraction of sp³-hybridized carbons (Fsp3) is 0.900. The molecule has 0 aliphatic carbocycles. The Bertz CT molecular complexity index is 130. The van der Waals surface area contributed by atoms with Crippen LogP contribution in [0.3, 0.4) is 0 Å². The van der Waals surface area contributed by atoms with Crippen LogP contribution in [0.1, 0.15) is 46.5 Å². The van der Waals surface area contributed by atoms with Crippen LogP contribution < -0.4 is 0 Å². The highest BCUT2D eigenvalue weighted by Crippen LogP contribution is 2.14. The molecular weight excluding hydrogens is 152 g/mol. The number of hydrogen-bond donors (Lipinski definition) is 1. The molecule has 0 aliphatic rings. The Morgan fingerprint density at radius 2 is 2.00 bits per heavy atom. The predicted molar refractivity (Wildman–Crippen MR) is 50.0 cm³/mol. The zero-order valence-corrected chi connectivity index (χ0v) is 8.34. The van der Waals surface area contributed by atoms with Crippen molar-refractivity contribution in [2.75, 3.05) is 0 Å². The maximum Gasteiger partial charge on any atom is 0.132 e. The fourth-order valence-electron chi connectivity index (χ4n) is 1.35. The first-order valence-electron chi connectivity index (χ1n) is 4.76. The lowest BCUT2D eigenvalue weighted by molar-refractivity contribution is -0.121. The van der Waals surface area contributed by atoms with Gasteiger partial charge in [-0.1, -0.05) is 13.3 Å². The molecule has 0 aromatic rings. The van der Waals surface area contributed by atoms with Crippen LogP contribution in [0.15, 0.2) is 0 Å². The van der Waals surface area contributed by atoms with E-state index in [2.05, 4.69) is 0 Å². The topological polar surface area (TPSA) is 37.3 Å². The standard InChI is InChI=1S/C10H20O2/c1-4-10(9(3)12)7-5-6-8(2)11/h8,10-11H,4-7H2,1-3H3. The second-order valence-electron chi connectivity index (χ2n) is 3.50. The van der Waals surface area contributed by atoms with Gasteiger partial charge in [-0.2, -0.15) is 0 Å². The number of ketones is 1. The molecule has 0 fully saturated rings. The van der Waals surface area contributed by atoms with E-state index in [1.54, 1.807) is 13.8 Å². The summed E-state index contributed by atoms with van der Waals surface area (Å²) in [5.74, 6) is 0.492. The summed E-state index contributed by atoms with van der Waals surface area (Å²) in [6.07, 6.45) is 3.39. The van der Waals surface area contributed by atoms with Crippen molar-refractivity contribution >= 4 is 5.78 Å². The van der Waals surface area contributed by atoms with Crippen LogP contribution in [-0.4, -0.2) is 17.0 Å². The molecule has 0 aliphatic heterocycles. The van der Waals surface area contributed by atoms with Crippen molar-refractivity contribution in [3.8, 4) is 0 Å². The summed E-state index contributed by atoms with van der Waals surface area (Å²) < 4.78 is 0. The van der Waals surface area contributed by atoms with Gasteiger partial charge in [0.15, 0.2) is 0 Å². The third kappa shape index (κ3) is 5.30. The quantitative estimate of drug-likeness (QED) is 0.666. The van der Waals surface area contributed by atoms with Gasteiger partial charge in [-0.3, -0.25) is 4.79 Å². The Morgan fingerprint density at radius 3 is 2.33 bits per heavy atom. The molecule has 0 aromatic heterocycles. The molecule has 2 heteroatoms. The first-order chi connectivity index (χ1) is 5.57. The summed E-state index contributed by atoms with van der Waals surface area (Å²) in [4.78, 5) is 11.0. The zero-order chi connectivity index (χ0) is 9.56. The smallest absolute Gasteiger partial charge is 0.132 e.